The molecule has 0 aromatic carbocycles. The van der Waals surface area contributed by atoms with E-state index in [9.17, 15) is 0 Å². The average Bonchev–Trinajstić information content (AvgIpc) is 2.75. The van der Waals surface area contributed by atoms with E-state index in [1.807, 2.05) is 31.2 Å². The lowest BCUT2D eigenvalue weighted by Gasteiger charge is -2.11. The number of hydrogen-bond donors (Lipinski definition) is 1. The van der Waals surface area contributed by atoms with Crippen LogP contribution in [0.15, 0.2) is 44.4 Å². The quantitative estimate of drug-likeness (QED) is 0.877. The number of halogens is 1. The zero-order valence-electron chi connectivity index (χ0n) is 9.39. The lowest BCUT2D eigenvalue weighted by molar-refractivity contribution is 0.481. The fourth-order valence-electron chi connectivity index (χ4n) is 1.44. The summed E-state index contributed by atoms with van der Waals surface area (Å²) >= 11 is 5.08. The number of aryl methyl sites for hydroxylation is 1. The summed E-state index contributed by atoms with van der Waals surface area (Å²) in [6.07, 6.45) is 1.77. The zero-order valence-corrected chi connectivity index (χ0v) is 11.8. The minimum absolute atomic E-state index is 0.0925. The summed E-state index contributed by atoms with van der Waals surface area (Å²) in [5.74, 6) is 1.80. The summed E-state index contributed by atoms with van der Waals surface area (Å²) in [6, 6.07) is 7.78. The largest absolute Gasteiger partial charge is 0.465 e. The Bertz CT molecular complexity index is 501. The highest BCUT2D eigenvalue weighted by atomic mass is 79.9. The second-order valence-electron chi connectivity index (χ2n) is 3.58. The third-order valence-corrected chi connectivity index (χ3v) is 4.43. The van der Waals surface area contributed by atoms with Gasteiger partial charge in [0.25, 0.3) is 0 Å². The van der Waals surface area contributed by atoms with Crippen molar-refractivity contribution in [2.45, 2.75) is 17.2 Å². The Balaban J connectivity index is 2.18. The van der Waals surface area contributed by atoms with Crippen molar-refractivity contribution in [1.82, 2.24) is 4.98 Å². The van der Waals surface area contributed by atoms with Gasteiger partial charge in [0.1, 0.15) is 16.5 Å². The number of nitrogens with zero attached hydrogens (tertiary/aromatic N) is 1. The van der Waals surface area contributed by atoms with Crippen LogP contribution < -0.4 is 5.73 Å². The smallest absolute Gasteiger partial charge is 0.118 e. The van der Waals surface area contributed by atoms with Crippen LogP contribution in [-0.2, 0) is 0 Å². The van der Waals surface area contributed by atoms with E-state index in [4.69, 9.17) is 10.2 Å². The van der Waals surface area contributed by atoms with Crippen molar-refractivity contribution in [3.63, 3.8) is 0 Å². The normalized spacial score (nSPS) is 12.6. The molecule has 0 aliphatic carbocycles. The molecule has 0 aliphatic heterocycles. The maximum atomic E-state index is 5.79. The van der Waals surface area contributed by atoms with Crippen molar-refractivity contribution >= 4 is 27.7 Å². The molecule has 2 aromatic heterocycles. The molecule has 2 N–H and O–H groups in total. The van der Waals surface area contributed by atoms with Crippen LogP contribution >= 0.6 is 27.7 Å². The minimum Gasteiger partial charge on any atom is -0.465 e. The maximum Gasteiger partial charge on any atom is 0.118 e. The Morgan fingerprint density at radius 1 is 1.47 bits per heavy atom. The van der Waals surface area contributed by atoms with E-state index in [2.05, 4.69) is 20.9 Å². The molecule has 0 spiro atoms. The Labute approximate surface area is 113 Å². The van der Waals surface area contributed by atoms with E-state index in [1.165, 1.54) is 0 Å². The molecule has 0 aliphatic rings. The average molecular weight is 313 g/mol. The van der Waals surface area contributed by atoms with Crippen LogP contribution in [0.2, 0.25) is 0 Å². The number of aromatic nitrogens is 1. The highest BCUT2D eigenvalue weighted by Crippen LogP contribution is 2.37. The van der Waals surface area contributed by atoms with Crippen molar-refractivity contribution in [1.29, 1.82) is 0 Å². The first-order valence-electron chi connectivity index (χ1n) is 5.24. The summed E-state index contributed by atoms with van der Waals surface area (Å²) < 4.78 is 6.58. The van der Waals surface area contributed by atoms with Gasteiger partial charge in [-0.2, -0.15) is 0 Å². The molecule has 0 fully saturated rings. The molecule has 2 aromatic rings. The molecule has 2 rings (SSSR count). The predicted octanol–water partition coefficient (Wildman–Crippen LogP) is 3.54. The first kappa shape index (κ1) is 12.7. The standard InChI is InChI=1S/C12H13BrN2OS/c1-8-4-5-10(16-8)11(7-14)17-12-9(13)3-2-6-15-12/h2-6,11H,7,14H2,1H3. The summed E-state index contributed by atoms with van der Waals surface area (Å²) in [5.41, 5.74) is 5.79. The Morgan fingerprint density at radius 3 is 2.88 bits per heavy atom. The molecule has 90 valence electrons. The molecule has 0 bridgehead atoms. The van der Waals surface area contributed by atoms with Crippen molar-refractivity contribution < 1.29 is 4.42 Å². The van der Waals surface area contributed by atoms with E-state index in [1.54, 1.807) is 18.0 Å². The Kier molecular flexibility index (Phi) is 4.25. The third-order valence-electron chi connectivity index (χ3n) is 2.27. The number of hydrogen-bond acceptors (Lipinski definition) is 4. The number of nitrogens with two attached hydrogens (primary N) is 1. The van der Waals surface area contributed by atoms with Crippen LogP contribution in [0.5, 0.6) is 0 Å². The van der Waals surface area contributed by atoms with Gasteiger partial charge in [-0.15, -0.1) is 0 Å². The fourth-order valence-corrected chi connectivity index (χ4v) is 2.89. The van der Waals surface area contributed by atoms with Crippen LogP contribution in [0.1, 0.15) is 16.8 Å². The summed E-state index contributed by atoms with van der Waals surface area (Å²) in [5, 5.41) is 1.02. The Morgan fingerprint density at radius 2 is 2.29 bits per heavy atom. The predicted molar refractivity (Wildman–Crippen MR) is 73.0 cm³/mol. The van der Waals surface area contributed by atoms with Gasteiger partial charge in [-0.25, -0.2) is 4.98 Å². The molecule has 1 atom stereocenters. The van der Waals surface area contributed by atoms with E-state index in [-0.39, 0.29) is 5.25 Å². The molecular formula is C12H13BrN2OS. The molecule has 0 amide bonds. The molecular weight excluding hydrogens is 300 g/mol. The van der Waals surface area contributed by atoms with Gasteiger partial charge >= 0.3 is 0 Å². The monoisotopic (exact) mass is 312 g/mol. The van der Waals surface area contributed by atoms with Gasteiger partial charge in [0.15, 0.2) is 0 Å². The first-order chi connectivity index (χ1) is 8.20. The second kappa shape index (κ2) is 5.71. The molecule has 0 saturated carbocycles. The molecule has 0 saturated heterocycles. The second-order valence-corrected chi connectivity index (χ2v) is 5.63. The van der Waals surface area contributed by atoms with Gasteiger partial charge in [0, 0.05) is 17.2 Å². The Hall–Kier alpha value is -0.780. The van der Waals surface area contributed by atoms with Gasteiger partial charge in [-0.3, -0.25) is 0 Å². The lowest BCUT2D eigenvalue weighted by atomic mass is 10.3. The number of thioether (sulfide) groups is 1. The van der Waals surface area contributed by atoms with Crippen LogP contribution in [0.4, 0.5) is 0 Å². The molecule has 1 unspecified atom stereocenters. The van der Waals surface area contributed by atoms with E-state index >= 15 is 0 Å². The summed E-state index contributed by atoms with van der Waals surface area (Å²) in [4.78, 5) is 4.32. The number of furan rings is 1. The van der Waals surface area contributed by atoms with Gasteiger partial charge in [0.2, 0.25) is 0 Å². The highest BCUT2D eigenvalue weighted by Gasteiger charge is 2.17. The fraction of sp³-hybridized carbons (Fsp3) is 0.250. The third kappa shape index (κ3) is 3.12. The highest BCUT2D eigenvalue weighted by molar-refractivity contribution is 9.10. The lowest BCUT2D eigenvalue weighted by Crippen LogP contribution is -2.08. The minimum atomic E-state index is 0.0925. The van der Waals surface area contributed by atoms with Gasteiger partial charge in [-0.05, 0) is 47.1 Å². The summed E-state index contributed by atoms with van der Waals surface area (Å²) in [7, 11) is 0. The van der Waals surface area contributed by atoms with E-state index in [0.29, 0.717) is 6.54 Å². The molecule has 5 heteroatoms. The van der Waals surface area contributed by atoms with Gasteiger partial charge in [-0.1, -0.05) is 11.8 Å². The SMILES string of the molecule is Cc1ccc(C(CN)Sc2ncccc2Br)o1. The number of pyridine rings is 1. The molecule has 0 radical (unpaired) electrons. The molecule has 3 nitrogen and oxygen atoms in total. The van der Waals surface area contributed by atoms with E-state index in [0.717, 1.165) is 21.0 Å². The van der Waals surface area contributed by atoms with Crippen molar-refractivity contribution in [3.05, 3.63) is 46.5 Å². The van der Waals surface area contributed by atoms with E-state index < -0.39 is 0 Å². The topological polar surface area (TPSA) is 52.0 Å². The van der Waals surface area contributed by atoms with Crippen LogP contribution in [0.25, 0.3) is 0 Å². The number of rotatable bonds is 4. The van der Waals surface area contributed by atoms with Crippen LogP contribution in [-0.4, -0.2) is 11.5 Å². The van der Waals surface area contributed by atoms with Crippen molar-refractivity contribution in [2.75, 3.05) is 6.54 Å². The maximum absolute atomic E-state index is 5.79. The summed E-state index contributed by atoms with van der Waals surface area (Å²) in [6.45, 7) is 2.44. The zero-order chi connectivity index (χ0) is 12.3. The molecule has 17 heavy (non-hydrogen) atoms. The van der Waals surface area contributed by atoms with Crippen molar-refractivity contribution in [2.24, 2.45) is 5.73 Å². The van der Waals surface area contributed by atoms with Crippen LogP contribution in [0.3, 0.4) is 0 Å². The molecule has 2 heterocycles. The van der Waals surface area contributed by atoms with Crippen molar-refractivity contribution in [3.8, 4) is 0 Å². The van der Waals surface area contributed by atoms with Gasteiger partial charge in [0.05, 0.1) is 5.25 Å². The first-order valence-corrected chi connectivity index (χ1v) is 6.91. The van der Waals surface area contributed by atoms with Crippen LogP contribution in [0, 0.1) is 6.92 Å². The van der Waals surface area contributed by atoms with Gasteiger partial charge < -0.3 is 10.2 Å².